The van der Waals surface area contributed by atoms with Crippen molar-refractivity contribution in [3.8, 4) is 5.75 Å². The van der Waals surface area contributed by atoms with E-state index in [0.717, 1.165) is 27.5 Å². The number of nitrogens with zero attached hydrogens (tertiary/aromatic N) is 3. The molecule has 0 saturated heterocycles. The average Bonchev–Trinajstić information content (AvgIpc) is 3.04. The van der Waals surface area contributed by atoms with Crippen molar-refractivity contribution in [1.29, 1.82) is 0 Å². The second kappa shape index (κ2) is 10.5. The fraction of sp³-hybridized carbons (Fsp3) is 0.263. The summed E-state index contributed by atoms with van der Waals surface area (Å²) in [5, 5.41) is 6.50. The van der Waals surface area contributed by atoms with Crippen LogP contribution >= 0.6 is 39.9 Å². The molecule has 27 heavy (non-hydrogen) atoms. The predicted molar refractivity (Wildman–Crippen MR) is 123 cm³/mol. The van der Waals surface area contributed by atoms with E-state index in [9.17, 15) is 0 Å². The molecule has 0 aliphatic rings. The van der Waals surface area contributed by atoms with Gasteiger partial charge >= 0.3 is 0 Å². The number of ether oxygens (including phenoxy) is 1. The first kappa shape index (κ1) is 21.5. The van der Waals surface area contributed by atoms with Gasteiger partial charge in [-0.05, 0) is 47.1 Å². The average molecular weight is 544 g/mol. The van der Waals surface area contributed by atoms with E-state index in [1.54, 1.807) is 7.05 Å². The molecule has 3 rings (SSSR count). The van der Waals surface area contributed by atoms with Gasteiger partial charge in [0, 0.05) is 23.9 Å². The lowest BCUT2D eigenvalue weighted by Crippen LogP contribution is -2.38. The number of nitrogens with one attached hydrogen (secondary N) is 2. The van der Waals surface area contributed by atoms with E-state index in [-0.39, 0.29) is 24.0 Å². The molecular weight excluding hydrogens is 521 g/mol. The number of hydrogen-bond donors (Lipinski definition) is 2. The van der Waals surface area contributed by atoms with E-state index < -0.39 is 0 Å². The van der Waals surface area contributed by atoms with Crippen molar-refractivity contribution in [2.45, 2.75) is 13.5 Å². The highest BCUT2D eigenvalue weighted by Gasteiger charge is 2.04. The van der Waals surface area contributed by atoms with Crippen molar-refractivity contribution in [2.75, 3.05) is 20.2 Å². The summed E-state index contributed by atoms with van der Waals surface area (Å²) in [6.45, 7) is 3.87. The molecule has 8 heteroatoms. The van der Waals surface area contributed by atoms with Crippen LogP contribution in [0.5, 0.6) is 5.75 Å². The van der Waals surface area contributed by atoms with Gasteiger partial charge in [-0.25, -0.2) is 4.98 Å². The number of aliphatic imine (C=N–C) groups is 1. The van der Waals surface area contributed by atoms with Gasteiger partial charge in [-0.15, -0.1) is 24.0 Å². The van der Waals surface area contributed by atoms with Crippen LogP contribution in [0, 0.1) is 6.92 Å². The predicted octanol–water partition coefficient (Wildman–Crippen LogP) is 3.77. The van der Waals surface area contributed by atoms with E-state index in [0.29, 0.717) is 19.7 Å². The van der Waals surface area contributed by atoms with Crippen molar-refractivity contribution < 1.29 is 4.74 Å². The van der Waals surface area contributed by atoms with Crippen molar-refractivity contribution in [2.24, 2.45) is 4.99 Å². The zero-order valence-electron chi connectivity index (χ0n) is 15.3. The molecule has 0 saturated carbocycles. The molecule has 0 fully saturated rings. The lowest BCUT2D eigenvalue weighted by molar-refractivity contribution is 0.322. The number of hydrogen-bond acceptors (Lipinski definition) is 3. The molecule has 144 valence electrons. The second-order valence-electron chi connectivity index (χ2n) is 5.86. The van der Waals surface area contributed by atoms with Gasteiger partial charge in [-0.3, -0.25) is 4.99 Å². The number of pyridine rings is 1. The van der Waals surface area contributed by atoms with Crippen molar-refractivity contribution in [3.63, 3.8) is 0 Å². The molecule has 2 N–H and O–H groups in total. The standard InChI is InChI=1S/C19H22BrN5O.HI/c1-14-3-6-17(7-4-14)26-10-9-22-19(21-2)23-11-16-13-25-12-15(20)5-8-18(25)24-16;/h3-8,12-13H,9-11H2,1-2H3,(H2,21,22,23);1H. The molecule has 0 amide bonds. The molecule has 2 aromatic heterocycles. The summed E-state index contributed by atoms with van der Waals surface area (Å²) >= 11 is 3.47. The number of imidazole rings is 1. The largest absolute Gasteiger partial charge is 0.492 e. The summed E-state index contributed by atoms with van der Waals surface area (Å²) in [6, 6.07) is 12.0. The Morgan fingerprint density at radius 3 is 2.67 bits per heavy atom. The topological polar surface area (TPSA) is 63.0 Å². The Morgan fingerprint density at radius 2 is 1.93 bits per heavy atom. The van der Waals surface area contributed by atoms with Crippen LogP contribution in [0.1, 0.15) is 11.3 Å². The number of aryl methyl sites for hydroxylation is 1. The number of guanidine groups is 1. The maximum absolute atomic E-state index is 5.70. The number of rotatable bonds is 6. The van der Waals surface area contributed by atoms with Crippen LogP contribution < -0.4 is 15.4 Å². The van der Waals surface area contributed by atoms with Gasteiger partial charge in [-0.1, -0.05) is 17.7 Å². The number of fused-ring (bicyclic) bond motifs is 1. The zero-order valence-corrected chi connectivity index (χ0v) is 19.2. The first-order valence-corrected chi connectivity index (χ1v) is 9.20. The summed E-state index contributed by atoms with van der Waals surface area (Å²) in [5.74, 6) is 1.59. The van der Waals surface area contributed by atoms with Crippen LogP contribution in [0.4, 0.5) is 0 Å². The van der Waals surface area contributed by atoms with Gasteiger partial charge in [0.05, 0.1) is 18.8 Å². The molecule has 3 aromatic rings. The number of halogens is 2. The smallest absolute Gasteiger partial charge is 0.191 e. The maximum atomic E-state index is 5.70. The highest BCUT2D eigenvalue weighted by atomic mass is 127. The molecule has 0 bridgehead atoms. The van der Waals surface area contributed by atoms with Gasteiger partial charge in [0.1, 0.15) is 18.0 Å². The van der Waals surface area contributed by atoms with E-state index in [1.807, 2.05) is 53.2 Å². The Labute approximate surface area is 184 Å². The van der Waals surface area contributed by atoms with Crippen LogP contribution in [0.25, 0.3) is 5.65 Å². The normalized spacial score (nSPS) is 11.1. The van der Waals surface area contributed by atoms with Crippen LogP contribution in [-0.2, 0) is 6.54 Å². The second-order valence-corrected chi connectivity index (χ2v) is 6.77. The van der Waals surface area contributed by atoms with Crippen LogP contribution in [0.2, 0.25) is 0 Å². The summed E-state index contributed by atoms with van der Waals surface area (Å²) < 4.78 is 8.72. The van der Waals surface area contributed by atoms with Gasteiger partial charge in [0.25, 0.3) is 0 Å². The lowest BCUT2D eigenvalue weighted by atomic mass is 10.2. The third-order valence-corrected chi connectivity index (χ3v) is 4.28. The minimum atomic E-state index is 0. The molecule has 0 aliphatic heterocycles. The van der Waals surface area contributed by atoms with Gasteiger partial charge in [-0.2, -0.15) is 0 Å². The molecular formula is C19H23BrIN5O. The summed E-state index contributed by atoms with van der Waals surface area (Å²) in [7, 11) is 1.75. The maximum Gasteiger partial charge on any atom is 0.191 e. The first-order chi connectivity index (χ1) is 12.6. The molecule has 0 atom stereocenters. The number of aromatic nitrogens is 2. The Bertz CT molecular complexity index is 895. The molecule has 0 radical (unpaired) electrons. The molecule has 0 unspecified atom stereocenters. The Morgan fingerprint density at radius 1 is 1.15 bits per heavy atom. The minimum absolute atomic E-state index is 0. The first-order valence-electron chi connectivity index (χ1n) is 8.41. The Kier molecular flexibility index (Phi) is 8.36. The fourth-order valence-electron chi connectivity index (χ4n) is 2.47. The highest BCUT2D eigenvalue weighted by Crippen LogP contribution is 2.12. The Balaban J connectivity index is 0.00000261. The van der Waals surface area contributed by atoms with E-state index in [4.69, 9.17) is 4.74 Å². The quantitative estimate of drug-likeness (QED) is 0.215. The summed E-state index contributed by atoms with van der Waals surface area (Å²) in [5.41, 5.74) is 3.08. The molecule has 1 aromatic carbocycles. The van der Waals surface area contributed by atoms with Crippen LogP contribution in [-0.4, -0.2) is 35.5 Å². The van der Waals surface area contributed by atoms with Crippen molar-refractivity contribution in [3.05, 3.63) is 64.5 Å². The minimum Gasteiger partial charge on any atom is -0.492 e. The van der Waals surface area contributed by atoms with Gasteiger partial charge < -0.3 is 19.8 Å². The van der Waals surface area contributed by atoms with Crippen LogP contribution in [0.3, 0.4) is 0 Å². The summed E-state index contributed by atoms with van der Waals surface area (Å²) in [4.78, 5) is 8.80. The third kappa shape index (κ3) is 6.39. The highest BCUT2D eigenvalue weighted by molar-refractivity contribution is 14.0. The molecule has 2 heterocycles. The monoisotopic (exact) mass is 543 g/mol. The van der Waals surface area contributed by atoms with E-state index >= 15 is 0 Å². The fourth-order valence-corrected chi connectivity index (χ4v) is 2.82. The third-order valence-electron chi connectivity index (χ3n) is 3.81. The van der Waals surface area contributed by atoms with Crippen LogP contribution in [0.15, 0.2) is 58.3 Å². The number of benzene rings is 1. The van der Waals surface area contributed by atoms with E-state index in [1.165, 1.54) is 5.56 Å². The molecule has 6 nitrogen and oxygen atoms in total. The molecule has 0 spiro atoms. The Hall–Kier alpha value is -1.81. The zero-order chi connectivity index (χ0) is 18.4. The van der Waals surface area contributed by atoms with E-state index in [2.05, 4.69) is 43.5 Å². The molecule has 0 aliphatic carbocycles. The van der Waals surface area contributed by atoms with Gasteiger partial charge in [0.2, 0.25) is 0 Å². The van der Waals surface area contributed by atoms with Crippen molar-refractivity contribution >= 4 is 51.5 Å². The van der Waals surface area contributed by atoms with Crippen molar-refractivity contribution in [1.82, 2.24) is 20.0 Å². The lowest BCUT2D eigenvalue weighted by Gasteiger charge is -2.11. The van der Waals surface area contributed by atoms with Gasteiger partial charge in [0.15, 0.2) is 5.96 Å². The summed E-state index contributed by atoms with van der Waals surface area (Å²) in [6.07, 6.45) is 3.99. The SMILES string of the molecule is CN=C(NCCOc1ccc(C)cc1)NCc1cn2cc(Br)ccc2n1.I.